The van der Waals surface area contributed by atoms with Crippen molar-refractivity contribution < 1.29 is 27.1 Å². The average molecular weight is 356 g/mol. The van der Waals surface area contributed by atoms with Crippen molar-refractivity contribution >= 4 is 17.3 Å². The van der Waals surface area contributed by atoms with Crippen LogP contribution in [0.2, 0.25) is 0 Å². The Balaban J connectivity index is 2.16. The summed E-state index contributed by atoms with van der Waals surface area (Å²) < 4.78 is 54.1. The molecule has 0 heterocycles. The molecule has 0 aliphatic heterocycles. The first-order chi connectivity index (χ1) is 11.6. The summed E-state index contributed by atoms with van der Waals surface area (Å²) in [5.41, 5.74) is 7.67. The fourth-order valence-corrected chi connectivity index (χ4v) is 2.22. The van der Waals surface area contributed by atoms with Crippen LogP contribution in [0.25, 0.3) is 0 Å². The lowest BCUT2D eigenvalue weighted by Crippen LogP contribution is -2.33. The average Bonchev–Trinajstić information content (AvgIpc) is 2.48. The van der Waals surface area contributed by atoms with Crippen molar-refractivity contribution in [3.05, 3.63) is 53.1 Å². The highest BCUT2D eigenvalue weighted by molar-refractivity contribution is 6.04. The molecule has 0 fully saturated rings. The number of benzene rings is 2. The molecule has 1 amide bonds. The maximum Gasteiger partial charge on any atom is 0.461 e. The highest BCUT2D eigenvalue weighted by Crippen LogP contribution is 2.32. The smallest absolute Gasteiger partial charge is 0.426 e. The fraction of sp³-hybridized carbons (Fsp3) is 0.235. The molecular formula is C17H16F4N2O2. The first kappa shape index (κ1) is 18.6. The molecule has 134 valence electrons. The van der Waals surface area contributed by atoms with E-state index in [-0.39, 0.29) is 11.4 Å². The molecule has 25 heavy (non-hydrogen) atoms. The molecule has 0 aromatic heterocycles. The maximum absolute atomic E-state index is 12.9. The molecule has 2 rings (SSSR count). The molecule has 0 bridgehead atoms. The van der Waals surface area contributed by atoms with E-state index in [1.54, 1.807) is 12.1 Å². The summed E-state index contributed by atoms with van der Waals surface area (Å²) in [5.74, 6) is -1.02. The number of carbonyl (C=O) groups excluding carboxylic acids is 1. The molecule has 0 atom stereocenters. The Morgan fingerprint density at radius 1 is 1.12 bits per heavy atom. The number of hydrogen-bond donors (Lipinski definition) is 2. The van der Waals surface area contributed by atoms with Gasteiger partial charge in [0.05, 0.1) is 5.69 Å². The van der Waals surface area contributed by atoms with Crippen LogP contribution in [0, 0.1) is 13.8 Å². The Hall–Kier alpha value is -2.77. The summed E-state index contributed by atoms with van der Waals surface area (Å²) in [7, 11) is 0. The standard InChI is InChI=1S/C17H16F4N2O2/c1-9-5-10(2)7-11(6-9)15(24)23-12-3-4-14(13(22)8-12)25-17(20,21)16(18)19/h3-8,16H,22H2,1-2H3,(H,23,24). The molecule has 0 radical (unpaired) electrons. The minimum atomic E-state index is -4.65. The molecule has 0 aliphatic carbocycles. The van der Waals surface area contributed by atoms with Gasteiger partial charge in [0.25, 0.3) is 5.91 Å². The zero-order valence-electron chi connectivity index (χ0n) is 13.4. The minimum absolute atomic E-state index is 0.217. The second-order valence-electron chi connectivity index (χ2n) is 5.55. The molecule has 8 heteroatoms. The number of halogens is 4. The molecule has 4 nitrogen and oxygen atoms in total. The van der Waals surface area contributed by atoms with Gasteiger partial charge in [-0.05, 0) is 44.2 Å². The van der Waals surface area contributed by atoms with E-state index in [2.05, 4.69) is 10.1 Å². The molecule has 0 spiro atoms. The van der Waals surface area contributed by atoms with Crippen molar-refractivity contribution in [2.45, 2.75) is 26.4 Å². The monoisotopic (exact) mass is 356 g/mol. The number of hydrogen-bond acceptors (Lipinski definition) is 3. The van der Waals surface area contributed by atoms with Gasteiger partial charge >= 0.3 is 12.5 Å². The quantitative estimate of drug-likeness (QED) is 0.617. The van der Waals surface area contributed by atoms with Crippen LogP contribution in [-0.2, 0) is 0 Å². The Bertz CT molecular complexity index is 774. The van der Waals surface area contributed by atoms with Crippen LogP contribution < -0.4 is 15.8 Å². The SMILES string of the molecule is Cc1cc(C)cc(C(=O)Nc2ccc(OC(F)(F)C(F)F)c(N)c2)c1. The summed E-state index contributed by atoms with van der Waals surface area (Å²) in [6.45, 7) is 3.69. The lowest BCUT2D eigenvalue weighted by molar-refractivity contribution is -0.252. The van der Waals surface area contributed by atoms with Crippen LogP contribution in [0.1, 0.15) is 21.5 Å². The predicted molar refractivity (Wildman–Crippen MR) is 86.3 cm³/mol. The van der Waals surface area contributed by atoms with Gasteiger partial charge in [-0.15, -0.1) is 0 Å². The molecule has 2 aromatic rings. The molecule has 3 N–H and O–H groups in total. The number of nitrogens with two attached hydrogens (primary N) is 1. The number of carbonyl (C=O) groups is 1. The maximum atomic E-state index is 12.9. The highest BCUT2D eigenvalue weighted by atomic mass is 19.3. The third kappa shape index (κ3) is 4.62. The predicted octanol–water partition coefficient (Wildman–Crippen LogP) is 4.37. The summed E-state index contributed by atoms with van der Waals surface area (Å²) in [6.07, 6.45) is -8.64. The lowest BCUT2D eigenvalue weighted by atomic mass is 10.1. The number of aryl methyl sites for hydroxylation is 2. The van der Waals surface area contributed by atoms with E-state index in [4.69, 9.17) is 5.73 Å². The van der Waals surface area contributed by atoms with E-state index < -0.39 is 24.2 Å². The van der Waals surface area contributed by atoms with Crippen LogP contribution in [-0.4, -0.2) is 18.4 Å². The number of anilines is 2. The zero-order valence-corrected chi connectivity index (χ0v) is 13.4. The van der Waals surface area contributed by atoms with Gasteiger partial charge < -0.3 is 15.8 Å². The van der Waals surface area contributed by atoms with Crippen molar-refractivity contribution in [2.24, 2.45) is 0 Å². The van der Waals surface area contributed by atoms with E-state index in [1.165, 1.54) is 6.07 Å². The van der Waals surface area contributed by atoms with Crippen molar-refractivity contribution in [2.75, 3.05) is 11.1 Å². The van der Waals surface area contributed by atoms with Gasteiger partial charge in [0, 0.05) is 11.3 Å². The largest absolute Gasteiger partial charge is 0.461 e. The van der Waals surface area contributed by atoms with Gasteiger partial charge in [0.1, 0.15) is 5.75 Å². The normalized spacial score (nSPS) is 11.5. The molecule has 0 saturated carbocycles. The second-order valence-corrected chi connectivity index (χ2v) is 5.55. The number of ether oxygens (including phenoxy) is 1. The van der Waals surface area contributed by atoms with Crippen molar-refractivity contribution in [3.63, 3.8) is 0 Å². The van der Waals surface area contributed by atoms with Crippen LogP contribution in [0.15, 0.2) is 36.4 Å². The summed E-state index contributed by atoms with van der Waals surface area (Å²) >= 11 is 0. The van der Waals surface area contributed by atoms with Gasteiger partial charge in [0.15, 0.2) is 0 Å². The van der Waals surface area contributed by atoms with Gasteiger partial charge in [-0.2, -0.15) is 17.6 Å². The van der Waals surface area contributed by atoms with Crippen molar-refractivity contribution in [1.29, 1.82) is 0 Å². The number of alkyl halides is 4. The van der Waals surface area contributed by atoms with Crippen molar-refractivity contribution in [1.82, 2.24) is 0 Å². The minimum Gasteiger partial charge on any atom is -0.426 e. The third-order valence-electron chi connectivity index (χ3n) is 3.25. The van der Waals surface area contributed by atoms with Crippen molar-refractivity contribution in [3.8, 4) is 5.75 Å². The van der Waals surface area contributed by atoms with Gasteiger partial charge in [0.2, 0.25) is 0 Å². The highest BCUT2D eigenvalue weighted by Gasteiger charge is 2.44. The first-order valence-corrected chi connectivity index (χ1v) is 7.22. The Kier molecular flexibility index (Phi) is 5.20. The summed E-state index contributed by atoms with van der Waals surface area (Å²) in [4.78, 5) is 12.2. The number of nitrogen functional groups attached to an aromatic ring is 1. The fourth-order valence-electron chi connectivity index (χ4n) is 2.22. The Morgan fingerprint density at radius 2 is 1.72 bits per heavy atom. The van der Waals surface area contributed by atoms with Crippen LogP contribution in [0.5, 0.6) is 5.75 Å². The zero-order chi connectivity index (χ0) is 18.8. The van der Waals surface area contributed by atoms with E-state index in [1.807, 2.05) is 19.9 Å². The number of rotatable bonds is 5. The van der Waals surface area contributed by atoms with Crippen LogP contribution >= 0.6 is 0 Å². The first-order valence-electron chi connectivity index (χ1n) is 7.22. The molecule has 2 aromatic carbocycles. The van der Waals surface area contributed by atoms with E-state index in [9.17, 15) is 22.4 Å². The number of nitrogens with one attached hydrogen (secondary N) is 1. The molecule has 0 aliphatic rings. The third-order valence-corrected chi connectivity index (χ3v) is 3.25. The van der Waals surface area contributed by atoms with E-state index >= 15 is 0 Å². The van der Waals surface area contributed by atoms with Gasteiger partial charge in [-0.25, -0.2) is 0 Å². The second kappa shape index (κ2) is 7.00. The van der Waals surface area contributed by atoms with E-state index in [0.29, 0.717) is 5.56 Å². The summed E-state index contributed by atoms with van der Waals surface area (Å²) in [5, 5.41) is 2.56. The lowest BCUT2D eigenvalue weighted by Gasteiger charge is -2.18. The Morgan fingerprint density at radius 3 is 2.24 bits per heavy atom. The van der Waals surface area contributed by atoms with Gasteiger partial charge in [-0.1, -0.05) is 17.2 Å². The summed E-state index contributed by atoms with van der Waals surface area (Å²) in [6, 6.07) is 8.65. The van der Waals surface area contributed by atoms with Crippen LogP contribution in [0.3, 0.4) is 0 Å². The van der Waals surface area contributed by atoms with E-state index in [0.717, 1.165) is 23.3 Å². The molecular weight excluding hydrogens is 340 g/mol. The molecule has 0 saturated heterocycles. The number of amides is 1. The topological polar surface area (TPSA) is 64.3 Å². The van der Waals surface area contributed by atoms with Gasteiger partial charge in [-0.3, -0.25) is 4.79 Å². The Labute approximate surface area is 141 Å². The molecule has 0 unspecified atom stereocenters. The van der Waals surface area contributed by atoms with Crippen LogP contribution in [0.4, 0.5) is 28.9 Å².